The highest BCUT2D eigenvalue weighted by atomic mass is 16.3. The molecular formula is C48H34N2O. The third-order valence-electron chi connectivity index (χ3n) is 9.45. The summed E-state index contributed by atoms with van der Waals surface area (Å²) in [5, 5.41) is 2.16. The Hall–Kier alpha value is -6.84. The van der Waals surface area contributed by atoms with Gasteiger partial charge in [0, 0.05) is 51.0 Å². The molecule has 3 nitrogen and oxygen atoms in total. The normalized spacial score (nSPS) is 11.1. The number of fused-ring (bicyclic) bond motifs is 3. The van der Waals surface area contributed by atoms with Gasteiger partial charge in [-0.05, 0) is 101 Å². The summed E-state index contributed by atoms with van der Waals surface area (Å²) in [6.45, 7) is 0. The lowest BCUT2D eigenvalue weighted by molar-refractivity contribution is 0.669. The van der Waals surface area contributed by atoms with Crippen LogP contribution in [0.5, 0.6) is 0 Å². The van der Waals surface area contributed by atoms with Gasteiger partial charge < -0.3 is 14.2 Å². The fourth-order valence-electron chi connectivity index (χ4n) is 6.95. The summed E-state index contributed by atoms with van der Waals surface area (Å²) >= 11 is 0. The van der Waals surface area contributed by atoms with Gasteiger partial charge in [0.1, 0.15) is 11.2 Å². The monoisotopic (exact) mass is 654 g/mol. The van der Waals surface area contributed by atoms with Crippen LogP contribution >= 0.6 is 0 Å². The number of rotatable bonds is 8. The lowest BCUT2D eigenvalue weighted by atomic mass is 10.0. The molecule has 1 heterocycles. The molecule has 0 saturated heterocycles. The first-order chi connectivity index (χ1) is 25.3. The van der Waals surface area contributed by atoms with Crippen molar-refractivity contribution < 1.29 is 4.42 Å². The van der Waals surface area contributed by atoms with Crippen molar-refractivity contribution in [2.75, 3.05) is 9.80 Å². The van der Waals surface area contributed by atoms with Crippen LogP contribution in [-0.4, -0.2) is 0 Å². The lowest BCUT2D eigenvalue weighted by Gasteiger charge is -2.26. The van der Waals surface area contributed by atoms with Gasteiger partial charge in [-0.2, -0.15) is 0 Å². The van der Waals surface area contributed by atoms with Gasteiger partial charge in [0.15, 0.2) is 0 Å². The Morgan fingerprint density at radius 3 is 1.12 bits per heavy atom. The molecule has 51 heavy (non-hydrogen) atoms. The second-order valence-corrected chi connectivity index (χ2v) is 12.6. The average Bonchev–Trinajstić information content (AvgIpc) is 3.57. The molecule has 9 rings (SSSR count). The van der Waals surface area contributed by atoms with E-state index in [0.29, 0.717) is 0 Å². The van der Waals surface area contributed by atoms with Crippen LogP contribution < -0.4 is 9.80 Å². The number of hydrogen-bond acceptors (Lipinski definition) is 3. The topological polar surface area (TPSA) is 19.6 Å². The highest BCUT2D eigenvalue weighted by Gasteiger charge is 2.18. The van der Waals surface area contributed by atoms with E-state index in [9.17, 15) is 0 Å². The molecule has 1 aromatic heterocycles. The second kappa shape index (κ2) is 13.2. The number of nitrogens with zero attached hydrogens (tertiary/aromatic N) is 2. The molecule has 242 valence electrons. The summed E-state index contributed by atoms with van der Waals surface area (Å²) in [6, 6.07) is 72.6. The molecule has 0 unspecified atom stereocenters. The van der Waals surface area contributed by atoms with Crippen molar-refractivity contribution in [1.29, 1.82) is 0 Å². The largest absolute Gasteiger partial charge is 0.456 e. The van der Waals surface area contributed by atoms with Crippen LogP contribution in [0, 0.1) is 0 Å². The van der Waals surface area contributed by atoms with Gasteiger partial charge >= 0.3 is 0 Å². The third-order valence-corrected chi connectivity index (χ3v) is 9.45. The molecule has 0 radical (unpaired) electrons. The van der Waals surface area contributed by atoms with E-state index in [1.165, 1.54) is 22.3 Å². The van der Waals surface area contributed by atoms with Crippen molar-refractivity contribution in [2.45, 2.75) is 0 Å². The molecule has 0 bridgehead atoms. The van der Waals surface area contributed by atoms with E-state index in [2.05, 4.69) is 216 Å². The number of furan rings is 1. The van der Waals surface area contributed by atoms with E-state index in [0.717, 1.165) is 56.1 Å². The van der Waals surface area contributed by atoms with Gasteiger partial charge in [0.05, 0.1) is 0 Å². The van der Waals surface area contributed by atoms with Crippen molar-refractivity contribution in [2.24, 2.45) is 0 Å². The van der Waals surface area contributed by atoms with E-state index in [4.69, 9.17) is 4.42 Å². The Kier molecular flexibility index (Phi) is 7.84. The predicted molar refractivity (Wildman–Crippen MR) is 214 cm³/mol. The van der Waals surface area contributed by atoms with Crippen molar-refractivity contribution in [3.63, 3.8) is 0 Å². The SMILES string of the molecule is c1ccc(-c2ccc(N(c3ccc(-c4ccccc4)cc3)c3ccc4c(c3)oc3ccc(N(c5ccccc5)c5ccccc5)cc34)cc2)cc1. The standard InChI is InChI=1S/C48H34N2O/c1-5-13-35(14-6-1)37-21-25-41(26-22-37)50(42-27-23-38(24-28-42)36-15-7-2-8-16-36)44-29-31-45-46-33-43(30-32-47(46)51-48(45)34-44)49(39-17-9-3-10-18-39)40-19-11-4-12-20-40/h1-34H. The second-order valence-electron chi connectivity index (χ2n) is 12.6. The number of para-hydroxylation sites is 2. The van der Waals surface area contributed by atoms with E-state index in [1.807, 2.05) is 0 Å². The summed E-state index contributed by atoms with van der Waals surface area (Å²) in [6.07, 6.45) is 0. The summed E-state index contributed by atoms with van der Waals surface area (Å²) in [5.74, 6) is 0. The van der Waals surface area contributed by atoms with Crippen LogP contribution in [0.4, 0.5) is 34.1 Å². The fourth-order valence-corrected chi connectivity index (χ4v) is 6.95. The molecule has 3 heteroatoms. The minimum absolute atomic E-state index is 0.845. The first-order valence-corrected chi connectivity index (χ1v) is 17.3. The quantitative estimate of drug-likeness (QED) is 0.163. The summed E-state index contributed by atoms with van der Waals surface area (Å²) in [5.41, 5.74) is 12.9. The summed E-state index contributed by atoms with van der Waals surface area (Å²) < 4.78 is 6.57. The first kappa shape index (κ1) is 30.2. The number of benzene rings is 8. The fraction of sp³-hybridized carbons (Fsp3) is 0. The molecule has 8 aromatic carbocycles. The summed E-state index contributed by atoms with van der Waals surface area (Å²) in [4.78, 5) is 4.58. The zero-order valence-corrected chi connectivity index (χ0v) is 27.9. The van der Waals surface area contributed by atoms with Gasteiger partial charge in [-0.15, -0.1) is 0 Å². The van der Waals surface area contributed by atoms with Crippen molar-refractivity contribution in [1.82, 2.24) is 0 Å². The van der Waals surface area contributed by atoms with Crippen molar-refractivity contribution >= 4 is 56.1 Å². The lowest BCUT2D eigenvalue weighted by Crippen LogP contribution is -2.09. The van der Waals surface area contributed by atoms with Gasteiger partial charge in [-0.1, -0.05) is 121 Å². The molecule has 0 aliphatic heterocycles. The number of anilines is 6. The number of hydrogen-bond donors (Lipinski definition) is 0. The van der Waals surface area contributed by atoms with E-state index in [-0.39, 0.29) is 0 Å². The molecule has 0 atom stereocenters. The molecule has 0 spiro atoms. The van der Waals surface area contributed by atoms with Gasteiger partial charge in [0.25, 0.3) is 0 Å². The van der Waals surface area contributed by atoms with Crippen LogP contribution in [-0.2, 0) is 0 Å². The molecular weight excluding hydrogens is 621 g/mol. The van der Waals surface area contributed by atoms with Crippen LogP contribution in [0.3, 0.4) is 0 Å². The minimum atomic E-state index is 0.845. The molecule has 0 N–H and O–H groups in total. The molecule has 0 aliphatic carbocycles. The zero-order chi connectivity index (χ0) is 34.0. The Morgan fingerprint density at radius 1 is 0.255 bits per heavy atom. The average molecular weight is 655 g/mol. The van der Waals surface area contributed by atoms with Crippen LogP contribution in [0.15, 0.2) is 211 Å². The first-order valence-electron chi connectivity index (χ1n) is 17.3. The highest BCUT2D eigenvalue weighted by molar-refractivity contribution is 6.07. The Balaban J connectivity index is 1.14. The smallest absolute Gasteiger partial charge is 0.137 e. The van der Waals surface area contributed by atoms with Crippen LogP contribution in [0.25, 0.3) is 44.2 Å². The van der Waals surface area contributed by atoms with E-state index < -0.39 is 0 Å². The van der Waals surface area contributed by atoms with Crippen LogP contribution in [0.2, 0.25) is 0 Å². The van der Waals surface area contributed by atoms with Crippen LogP contribution in [0.1, 0.15) is 0 Å². The van der Waals surface area contributed by atoms with Gasteiger partial charge in [0.2, 0.25) is 0 Å². The summed E-state index contributed by atoms with van der Waals surface area (Å²) in [7, 11) is 0. The minimum Gasteiger partial charge on any atom is -0.456 e. The highest BCUT2D eigenvalue weighted by Crippen LogP contribution is 2.42. The van der Waals surface area contributed by atoms with Crippen molar-refractivity contribution in [3.05, 3.63) is 206 Å². The van der Waals surface area contributed by atoms with Crippen molar-refractivity contribution in [3.8, 4) is 22.3 Å². The Morgan fingerprint density at radius 2 is 0.627 bits per heavy atom. The van der Waals surface area contributed by atoms with Gasteiger partial charge in [-0.3, -0.25) is 0 Å². The van der Waals surface area contributed by atoms with Gasteiger partial charge in [-0.25, -0.2) is 0 Å². The maximum absolute atomic E-state index is 6.57. The van der Waals surface area contributed by atoms with E-state index >= 15 is 0 Å². The predicted octanol–water partition coefficient (Wildman–Crippen LogP) is 13.9. The maximum atomic E-state index is 6.57. The zero-order valence-electron chi connectivity index (χ0n) is 27.9. The molecule has 0 saturated carbocycles. The van der Waals surface area contributed by atoms with E-state index in [1.54, 1.807) is 0 Å². The maximum Gasteiger partial charge on any atom is 0.137 e. The Labute approximate surface area is 297 Å². The Bertz CT molecular complexity index is 2420. The third kappa shape index (κ3) is 5.92. The molecule has 9 aromatic rings. The molecule has 0 aliphatic rings. The molecule has 0 amide bonds. The molecule has 0 fully saturated rings.